The third-order valence-electron chi connectivity index (χ3n) is 6.86. The molecule has 124 valence electrons. The van der Waals surface area contributed by atoms with Crippen molar-refractivity contribution in [2.45, 2.75) is 44.9 Å². The molecule has 2 aromatic rings. The van der Waals surface area contributed by atoms with E-state index in [-0.39, 0.29) is 17.3 Å². The lowest BCUT2D eigenvalue weighted by Gasteiger charge is -2.28. The summed E-state index contributed by atoms with van der Waals surface area (Å²) in [7, 11) is 0. The first-order chi connectivity index (χ1) is 11.4. The second-order valence-corrected chi connectivity index (χ2v) is 7.89. The molecule has 2 aliphatic rings. The van der Waals surface area contributed by atoms with Gasteiger partial charge in [-0.2, -0.15) is 0 Å². The first kappa shape index (κ1) is 15.4. The third-order valence-corrected chi connectivity index (χ3v) is 6.86. The maximum Gasteiger partial charge on any atom is 0.311 e. The maximum atomic E-state index is 12.6. The van der Waals surface area contributed by atoms with Crippen molar-refractivity contribution < 1.29 is 9.90 Å². The van der Waals surface area contributed by atoms with E-state index in [0.29, 0.717) is 5.92 Å². The van der Waals surface area contributed by atoms with Crippen molar-refractivity contribution in [3.8, 4) is 0 Å². The van der Waals surface area contributed by atoms with Crippen LogP contribution in [0.25, 0.3) is 0 Å². The summed E-state index contributed by atoms with van der Waals surface area (Å²) in [5.41, 5.74) is 2.82. The summed E-state index contributed by atoms with van der Waals surface area (Å²) in [5.74, 6) is -0.142. The Labute approximate surface area is 143 Å². The van der Waals surface area contributed by atoms with Crippen molar-refractivity contribution in [2.24, 2.45) is 10.8 Å². The highest BCUT2D eigenvalue weighted by atomic mass is 16.4. The Morgan fingerprint density at radius 1 is 1.08 bits per heavy atom. The zero-order valence-electron chi connectivity index (χ0n) is 14.5. The molecule has 0 spiro atoms. The summed E-state index contributed by atoms with van der Waals surface area (Å²) in [6.07, 6.45) is 0.943. The summed E-state index contributed by atoms with van der Waals surface area (Å²) in [5, 5.41) is 10.3. The molecule has 2 heteroatoms. The summed E-state index contributed by atoms with van der Waals surface area (Å²) >= 11 is 0. The monoisotopic (exact) mass is 320 g/mol. The zero-order valence-corrected chi connectivity index (χ0v) is 14.5. The van der Waals surface area contributed by atoms with Crippen molar-refractivity contribution >= 4 is 5.97 Å². The molecule has 1 fully saturated rings. The van der Waals surface area contributed by atoms with Gasteiger partial charge >= 0.3 is 5.97 Å². The SMILES string of the molecule is CC(c1ccccc1)[C@@]1(C(=O)O)[C@@H]2c3ccccc3[C@@H](C)C[C@@]21C. The van der Waals surface area contributed by atoms with E-state index in [0.717, 1.165) is 12.0 Å². The predicted octanol–water partition coefficient (Wildman–Crippen LogP) is 5.17. The van der Waals surface area contributed by atoms with Crippen molar-refractivity contribution in [1.82, 2.24) is 0 Å². The number of hydrogen-bond acceptors (Lipinski definition) is 1. The molecule has 0 heterocycles. The summed E-state index contributed by atoms with van der Waals surface area (Å²) in [4.78, 5) is 12.6. The van der Waals surface area contributed by atoms with Gasteiger partial charge in [0, 0.05) is 5.92 Å². The molecular weight excluding hydrogens is 296 g/mol. The highest BCUT2D eigenvalue weighted by molar-refractivity contribution is 5.85. The topological polar surface area (TPSA) is 37.3 Å². The summed E-state index contributed by atoms with van der Waals surface area (Å²) in [6.45, 7) is 6.52. The zero-order chi connectivity index (χ0) is 17.1. The van der Waals surface area contributed by atoms with Gasteiger partial charge in [0.15, 0.2) is 0 Å². The third kappa shape index (κ3) is 1.69. The van der Waals surface area contributed by atoms with Crippen LogP contribution in [-0.2, 0) is 4.79 Å². The van der Waals surface area contributed by atoms with E-state index in [1.807, 2.05) is 18.2 Å². The normalized spacial score (nSPS) is 34.8. The van der Waals surface area contributed by atoms with E-state index in [9.17, 15) is 9.90 Å². The van der Waals surface area contributed by atoms with Crippen molar-refractivity contribution in [3.05, 3.63) is 71.3 Å². The van der Waals surface area contributed by atoms with Crippen LogP contribution in [-0.4, -0.2) is 11.1 Å². The molecule has 24 heavy (non-hydrogen) atoms. The van der Waals surface area contributed by atoms with E-state index in [1.165, 1.54) is 11.1 Å². The lowest BCUT2D eigenvalue weighted by molar-refractivity contribution is -0.146. The lowest BCUT2D eigenvalue weighted by atomic mass is 9.75. The van der Waals surface area contributed by atoms with Crippen LogP contribution in [0, 0.1) is 10.8 Å². The maximum absolute atomic E-state index is 12.6. The smallest absolute Gasteiger partial charge is 0.311 e. The average molecular weight is 320 g/mol. The Morgan fingerprint density at radius 3 is 2.29 bits per heavy atom. The molecule has 5 atom stereocenters. The molecule has 0 radical (unpaired) electrons. The van der Waals surface area contributed by atoms with Gasteiger partial charge in [-0.15, -0.1) is 0 Å². The Balaban J connectivity index is 1.89. The standard InChI is InChI=1S/C22H24O2/c1-14-13-21(3)19(18-12-8-7-11-17(14)18)22(21,20(23)24)15(2)16-9-5-4-6-10-16/h4-12,14-15,19H,13H2,1-3H3,(H,23,24)/t14-,15?,19+,21-,22-/m0/s1. The van der Waals surface area contributed by atoms with Gasteiger partial charge in [0.05, 0.1) is 5.41 Å². The van der Waals surface area contributed by atoms with Gasteiger partial charge in [-0.1, -0.05) is 75.4 Å². The minimum atomic E-state index is -0.713. The lowest BCUT2D eigenvalue weighted by Crippen LogP contribution is -2.28. The van der Waals surface area contributed by atoms with Gasteiger partial charge in [-0.25, -0.2) is 0 Å². The van der Waals surface area contributed by atoms with Crippen LogP contribution >= 0.6 is 0 Å². The van der Waals surface area contributed by atoms with Crippen LogP contribution < -0.4 is 0 Å². The van der Waals surface area contributed by atoms with Crippen LogP contribution in [0.4, 0.5) is 0 Å². The molecule has 2 aliphatic carbocycles. The van der Waals surface area contributed by atoms with Crippen LogP contribution in [0.5, 0.6) is 0 Å². The van der Waals surface area contributed by atoms with Gasteiger partial charge in [-0.3, -0.25) is 4.79 Å². The van der Waals surface area contributed by atoms with E-state index in [4.69, 9.17) is 0 Å². The second kappa shape index (κ2) is 4.95. The molecule has 0 saturated heterocycles. The number of rotatable bonds is 3. The molecule has 0 bridgehead atoms. The van der Waals surface area contributed by atoms with E-state index in [2.05, 4.69) is 57.2 Å². The Kier molecular flexibility index (Phi) is 3.19. The molecular formula is C22H24O2. The fourth-order valence-corrected chi connectivity index (χ4v) is 5.86. The number of aliphatic carboxylic acids is 1. The molecule has 0 aromatic heterocycles. The van der Waals surface area contributed by atoms with E-state index >= 15 is 0 Å². The first-order valence-corrected chi connectivity index (χ1v) is 8.81. The average Bonchev–Trinajstić information content (AvgIpc) is 3.16. The van der Waals surface area contributed by atoms with E-state index < -0.39 is 11.4 Å². The molecule has 1 unspecified atom stereocenters. The summed E-state index contributed by atoms with van der Waals surface area (Å²) in [6, 6.07) is 18.6. The highest BCUT2D eigenvalue weighted by Crippen LogP contribution is 2.83. The fraction of sp³-hybridized carbons (Fsp3) is 0.409. The molecule has 1 saturated carbocycles. The number of fused-ring (bicyclic) bond motifs is 3. The van der Waals surface area contributed by atoms with Gasteiger partial charge in [0.2, 0.25) is 0 Å². The minimum Gasteiger partial charge on any atom is -0.481 e. The summed E-state index contributed by atoms with van der Waals surface area (Å²) < 4.78 is 0. The fourth-order valence-electron chi connectivity index (χ4n) is 5.86. The molecule has 2 nitrogen and oxygen atoms in total. The molecule has 1 N–H and O–H groups in total. The van der Waals surface area contributed by atoms with Crippen LogP contribution in [0.2, 0.25) is 0 Å². The van der Waals surface area contributed by atoms with Crippen molar-refractivity contribution in [3.63, 3.8) is 0 Å². The molecule has 0 aliphatic heterocycles. The Hall–Kier alpha value is -2.09. The number of carbonyl (C=O) groups is 1. The van der Waals surface area contributed by atoms with Crippen LogP contribution in [0.3, 0.4) is 0 Å². The van der Waals surface area contributed by atoms with Gasteiger partial charge in [0.1, 0.15) is 0 Å². The number of benzene rings is 2. The van der Waals surface area contributed by atoms with Gasteiger partial charge < -0.3 is 5.11 Å². The predicted molar refractivity (Wildman–Crippen MR) is 95.2 cm³/mol. The largest absolute Gasteiger partial charge is 0.481 e. The van der Waals surface area contributed by atoms with Crippen molar-refractivity contribution in [2.75, 3.05) is 0 Å². The number of hydrogen-bond donors (Lipinski definition) is 1. The number of carboxylic acids is 1. The van der Waals surface area contributed by atoms with Gasteiger partial charge in [-0.05, 0) is 40.4 Å². The highest BCUT2D eigenvalue weighted by Gasteiger charge is 2.81. The van der Waals surface area contributed by atoms with Crippen LogP contribution in [0.1, 0.15) is 61.6 Å². The quantitative estimate of drug-likeness (QED) is 0.847. The second-order valence-electron chi connectivity index (χ2n) is 7.89. The molecule has 4 rings (SSSR count). The Bertz CT molecular complexity index is 797. The number of carboxylic acid groups (broad SMARTS) is 1. The minimum absolute atomic E-state index is 0.00967. The van der Waals surface area contributed by atoms with Crippen LogP contribution in [0.15, 0.2) is 54.6 Å². The van der Waals surface area contributed by atoms with E-state index in [1.54, 1.807) is 0 Å². The first-order valence-electron chi connectivity index (χ1n) is 8.81. The van der Waals surface area contributed by atoms with Crippen molar-refractivity contribution in [1.29, 1.82) is 0 Å². The molecule has 0 amide bonds. The Morgan fingerprint density at radius 2 is 1.67 bits per heavy atom. The molecule has 2 aromatic carbocycles. The van der Waals surface area contributed by atoms with Gasteiger partial charge in [0.25, 0.3) is 0 Å².